The van der Waals surface area contributed by atoms with Crippen LogP contribution in [0.3, 0.4) is 0 Å². The molecule has 1 heterocycles. The van der Waals surface area contributed by atoms with Gasteiger partial charge in [0.25, 0.3) is 5.91 Å². The molecule has 0 radical (unpaired) electrons. The number of amides is 1. The molecule has 2 aromatic carbocycles. The Bertz CT molecular complexity index is 982. The van der Waals surface area contributed by atoms with Gasteiger partial charge in [-0.2, -0.15) is 0 Å². The van der Waals surface area contributed by atoms with E-state index in [1.54, 1.807) is 18.2 Å². The zero-order valence-corrected chi connectivity index (χ0v) is 16.9. The molecule has 6 heteroatoms. The molecule has 1 aromatic heterocycles. The van der Waals surface area contributed by atoms with Crippen molar-refractivity contribution in [1.29, 1.82) is 0 Å². The number of nitrogens with one attached hydrogen (secondary N) is 1. The Balaban J connectivity index is 1.64. The van der Waals surface area contributed by atoms with Crippen LogP contribution >= 0.6 is 34.5 Å². The van der Waals surface area contributed by atoms with Gasteiger partial charge in [0.05, 0.1) is 14.9 Å². The second-order valence-corrected chi connectivity index (χ2v) is 7.45. The molecule has 0 fully saturated rings. The van der Waals surface area contributed by atoms with E-state index in [9.17, 15) is 4.79 Å². The topological polar surface area (TPSA) is 38.3 Å². The maximum absolute atomic E-state index is 12.4. The summed E-state index contributed by atoms with van der Waals surface area (Å²) in [5.41, 5.74) is 2.56. The van der Waals surface area contributed by atoms with Crippen LogP contribution in [-0.4, -0.2) is 5.91 Å². The molecule has 27 heavy (non-hydrogen) atoms. The standard InChI is InChI=1S/C21H17Cl2NO2S/c1-2-5-15-6-3-4-7-19(15)26-12-14-10-20(27-13-14)21(25)24-16-8-9-17(22)18(23)11-16/h2-11,13H,12H2,1H3,(H,24,25)/b5-2+. The lowest BCUT2D eigenvalue weighted by Gasteiger charge is -2.08. The predicted molar refractivity (Wildman–Crippen MR) is 114 cm³/mol. The summed E-state index contributed by atoms with van der Waals surface area (Å²) in [6.45, 7) is 2.36. The number of halogens is 2. The van der Waals surface area contributed by atoms with Gasteiger partial charge in [0.1, 0.15) is 12.4 Å². The predicted octanol–water partition coefficient (Wildman–Crippen LogP) is 6.92. The first-order chi connectivity index (χ1) is 13.1. The highest BCUT2D eigenvalue weighted by Crippen LogP contribution is 2.26. The maximum atomic E-state index is 12.4. The third kappa shape index (κ3) is 5.13. The van der Waals surface area contributed by atoms with E-state index in [4.69, 9.17) is 27.9 Å². The van der Waals surface area contributed by atoms with Gasteiger partial charge in [-0.05, 0) is 42.6 Å². The van der Waals surface area contributed by atoms with Crippen LogP contribution in [0, 0.1) is 0 Å². The van der Waals surface area contributed by atoms with Gasteiger partial charge in [0.15, 0.2) is 0 Å². The van der Waals surface area contributed by atoms with Gasteiger partial charge in [-0.25, -0.2) is 0 Å². The van der Waals surface area contributed by atoms with E-state index in [1.807, 2.05) is 54.8 Å². The normalized spacial score (nSPS) is 10.9. The van der Waals surface area contributed by atoms with Gasteiger partial charge in [0, 0.05) is 16.8 Å². The van der Waals surface area contributed by atoms with Crippen LogP contribution in [0.2, 0.25) is 10.0 Å². The van der Waals surface area contributed by atoms with Crippen LogP contribution in [0.1, 0.15) is 27.7 Å². The third-order valence-electron chi connectivity index (χ3n) is 3.71. The smallest absolute Gasteiger partial charge is 0.265 e. The molecule has 0 atom stereocenters. The summed E-state index contributed by atoms with van der Waals surface area (Å²) in [5.74, 6) is 0.613. The molecule has 138 valence electrons. The number of thiophene rings is 1. The molecular formula is C21H17Cl2NO2S. The lowest BCUT2D eigenvalue weighted by molar-refractivity contribution is 0.103. The molecule has 0 bridgehead atoms. The number of para-hydroxylation sites is 1. The number of carbonyl (C=O) groups excluding carboxylic acids is 1. The van der Waals surface area contributed by atoms with Gasteiger partial charge < -0.3 is 10.1 Å². The first kappa shape index (κ1) is 19.5. The summed E-state index contributed by atoms with van der Waals surface area (Å²) in [6.07, 6.45) is 3.97. The summed E-state index contributed by atoms with van der Waals surface area (Å²) in [6, 6.07) is 14.6. The maximum Gasteiger partial charge on any atom is 0.265 e. The SMILES string of the molecule is C/C=C/c1ccccc1OCc1csc(C(=O)Nc2ccc(Cl)c(Cl)c2)c1. The van der Waals surface area contributed by atoms with Gasteiger partial charge in [0.2, 0.25) is 0 Å². The molecule has 0 spiro atoms. The van der Waals surface area contributed by atoms with Crippen molar-refractivity contribution >= 4 is 52.2 Å². The second-order valence-electron chi connectivity index (χ2n) is 5.73. The van der Waals surface area contributed by atoms with E-state index in [2.05, 4.69) is 5.32 Å². The Kier molecular flexibility index (Phi) is 6.56. The van der Waals surface area contributed by atoms with E-state index in [0.717, 1.165) is 16.9 Å². The Morgan fingerprint density at radius 2 is 1.96 bits per heavy atom. The van der Waals surface area contributed by atoms with E-state index < -0.39 is 0 Å². The van der Waals surface area contributed by atoms with Gasteiger partial charge in [-0.3, -0.25) is 4.79 Å². The number of ether oxygens (including phenoxy) is 1. The molecule has 1 amide bonds. The zero-order valence-electron chi connectivity index (χ0n) is 14.5. The van der Waals surface area contributed by atoms with Crippen molar-refractivity contribution in [3.63, 3.8) is 0 Å². The molecule has 0 aliphatic carbocycles. The molecule has 3 nitrogen and oxygen atoms in total. The number of hydrogen-bond acceptors (Lipinski definition) is 3. The molecule has 0 saturated carbocycles. The molecule has 0 unspecified atom stereocenters. The number of allylic oxidation sites excluding steroid dienone is 1. The van der Waals surface area contributed by atoms with Gasteiger partial charge in [-0.1, -0.05) is 53.6 Å². The van der Waals surface area contributed by atoms with Gasteiger partial charge >= 0.3 is 0 Å². The van der Waals surface area contributed by atoms with Crippen LogP contribution < -0.4 is 10.1 Å². The summed E-state index contributed by atoms with van der Waals surface area (Å²) in [4.78, 5) is 13.0. The number of carbonyl (C=O) groups is 1. The van der Waals surface area contributed by atoms with E-state index >= 15 is 0 Å². The van der Waals surface area contributed by atoms with E-state index in [-0.39, 0.29) is 5.91 Å². The number of anilines is 1. The fourth-order valence-corrected chi connectivity index (χ4v) is 3.52. The van der Waals surface area contributed by atoms with Crippen molar-refractivity contribution in [2.24, 2.45) is 0 Å². The Hall–Kier alpha value is -2.27. The molecule has 1 N–H and O–H groups in total. The van der Waals surface area contributed by atoms with Crippen molar-refractivity contribution in [2.45, 2.75) is 13.5 Å². The fourth-order valence-electron chi connectivity index (χ4n) is 2.43. The fraction of sp³-hybridized carbons (Fsp3) is 0.0952. The summed E-state index contributed by atoms with van der Waals surface area (Å²) in [5, 5.41) is 5.58. The Labute approximate surface area is 172 Å². The van der Waals surface area contributed by atoms with Crippen molar-refractivity contribution in [1.82, 2.24) is 0 Å². The largest absolute Gasteiger partial charge is 0.488 e. The van der Waals surface area contributed by atoms with E-state index in [1.165, 1.54) is 11.3 Å². The van der Waals surface area contributed by atoms with E-state index in [0.29, 0.717) is 27.2 Å². The number of rotatable bonds is 6. The third-order valence-corrected chi connectivity index (χ3v) is 5.43. The average molecular weight is 418 g/mol. The van der Waals surface area contributed by atoms with Gasteiger partial charge in [-0.15, -0.1) is 11.3 Å². The van der Waals surface area contributed by atoms with Crippen LogP contribution in [0.25, 0.3) is 6.08 Å². The molecule has 0 aliphatic rings. The van der Waals surface area contributed by atoms with Crippen LogP contribution in [-0.2, 0) is 6.61 Å². The second kappa shape index (κ2) is 9.09. The minimum absolute atomic E-state index is 0.195. The molecule has 0 saturated heterocycles. The van der Waals surface area contributed by atoms with Crippen molar-refractivity contribution in [3.8, 4) is 5.75 Å². The molecular weight excluding hydrogens is 401 g/mol. The minimum atomic E-state index is -0.195. The Morgan fingerprint density at radius 3 is 2.74 bits per heavy atom. The zero-order chi connectivity index (χ0) is 19.2. The lowest BCUT2D eigenvalue weighted by atomic mass is 10.2. The quantitative estimate of drug-likeness (QED) is 0.472. The van der Waals surface area contributed by atoms with Crippen LogP contribution in [0.15, 0.2) is 60.0 Å². The molecule has 3 aromatic rings. The van der Waals surface area contributed by atoms with Crippen molar-refractivity contribution < 1.29 is 9.53 Å². The van der Waals surface area contributed by atoms with Crippen LogP contribution in [0.4, 0.5) is 5.69 Å². The Morgan fingerprint density at radius 1 is 1.15 bits per heavy atom. The highest BCUT2D eigenvalue weighted by atomic mass is 35.5. The average Bonchev–Trinajstić information content (AvgIpc) is 3.13. The van der Waals surface area contributed by atoms with Crippen LogP contribution in [0.5, 0.6) is 5.75 Å². The minimum Gasteiger partial charge on any atom is -0.488 e. The monoisotopic (exact) mass is 417 g/mol. The highest BCUT2D eigenvalue weighted by molar-refractivity contribution is 7.12. The molecule has 3 rings (SSSR count). The lowest BCUT2D eigenvalue weighted by Crippen LogP contribution is -2.10. The van der Waals surface area contributed by atoms with Crippen molar-refractivity contribution in [3.05, 3.63) is 86.0 Å². The summed E-state index contributed by atoms with van der Waals surface area (Å²) < 4.78 is 5.91. The van der Waals surface area contributed by atoms with Crippen molar-refractivity contribution in [2.75, 3.05) is 5.32 Å². The first-order valence-electron chi connectivity index (χ1n) is 8.25. The summed E-state index contributed by atoms with van der Waals surface area (Å²) >= 11 is 13.2. The number of benzene rings is 2. The highest BCUT2D eigenvalue weighted by Gasteiger charge is 2.11. The first-order valence-corrected chi connectivity index (χ1v) is 9.88. The molecule has 0 aliphatic heterocycles. The summed E-state index contributed by atoms with van der Waals surface area (Å²) in [7, 11) is 0. The number of hydrogen-bond donors (Lipinski definition) is 1.